The Hall–Kier alpha value is -3.74. The van der Waals surface area contributed by atoms with Crippen LogP contribution in [-0.4, -0.2) is 30.2 Å². The van der Waals surface area contributed by atoms with Crippen molar-refractivity contribution in [3.8, 4) is 5.75 Å². The first-order chi connectivity index (χ1) is 16.3. The zero-order valence-electron chi connectivity index (χ0n) is 19.2. The van der Waals surface area contributed by atoms with E-state index >= 15 is 0 Å². The molecule has 2 aliphatic heterocycles. The van der Waals surface area contributed by atoms with Gasteiger partial charge in [0.05, 0.1) is 23.4 Å². The van der Waals surface area contributed by atoms with Crippen LogP contribution in [0.15, 0.2) is 54.6 Å². The number of carbonyl (C=O) groups excluding carboxylic acids is 4. The molecule has 3 atom stereocenters. The number of nitrogens with zero attached hydrogens (tertiary/aromatic N) is 2. The van der Waals surface area contributed by atoms with Gasteiger partial charge in [-0.25, -0.2) is 4.90 Å². The van der Waals surface area contributed by atoms with Crippen LogP contribution in [0.4, 0.5) is 11.4 Å². The van der Waals surface area contributed by atoms with Crippen molar-refractivity contribution in [1.29, 1.82) is 0 Å². The highest BCUT2D eigenvalue weighted by Gasteiger charge is 2.48. The summed E-state index contributed by atoms with van der Waals surface area (Å²) < 4.78 is 5.59. The number of anilines is 2. The number of benzene rings is 2. The highest BCUT2D eigenvalue weighted by molar-refractivity contribution is 6.22. The average molecular weight is 459 g/mol. The second-order valence-corrected chi connectivity index (χ2v) is 9.34. The Kier molecular flexibility index (Phi) is 5.55. The molecular formula is C27H26N2O5. The predicted molar refractivity (Wildman–Crippen MR) is 126 cm³/mol. The van der Waals surface area contributed by atoms with E-state index in [9.17, 15) is 19.2 Å². The zero-order chi connectivity index (χ0) is 24.0. The van der Waals surface area contributed by atoms with E-state index < -0.39 is 11.9 Å². The Morgan fingerprint density at radius 1 is 0.882 bits per heavy atom. The third kappa shape index (κ3) is 3.91. The van der Waals surface area contributed by atoms with E-state index in [1.165, 1.54) is 11.0 Å². The smallest absolute Gasteiger partial charge is 0.316 e. The number of ether oxygens (including phenoxy) is 1. The van der Waals surface area contributed by atoms with Gasteiger partial charge in [-0.05, 0) is 62.1 Å². The van der Waals surface area contributed by atoms with Gasteiger partial charge in [0.1, 0.15) is 5.75 Å². The van der Waals surface area contributed by atoms with E-state index in [0.29, 0.717) is 18.5 Å². The van der Waals surface area contributed by atoms with Crippen LogP contribution in [0.25, 0.3) is 0 Å². The average Bonchev–Trinajstić information content (AvgIpc) is 3.31. The van der Waals surface area contributed by atoms with Crippen molar-refractivity contribution >= 4 is 35.1 Å². The van der Waals surface area contributed by atoms with Gasteiger partial charge in [-0.3, -0.25) is 19.2 Å². The van der Waals surface area contributed by atoms with Crippen molar-refractivity contribution < 1.29 is 23.9 Å². The molecule has 2 saturated heterocycles. The first kappa shape index (κ1) is 22.1. The Labute approximate surface area is 198 Å². The molecule has 3 aliphatic rings. The van der Waals surface area contributed by atoms with Crippen LogP contribution < -0.4 is 14.5 Å². The van der Waals surface area contributed by atoms with Gasteiger partial charge in [-0.1, -0.05) is 24.3 Å². The standard InChI is InChI=1S/C27H26N2O5/c1-16-10-17(2)12-20(11-16)28-15-18(13-24(28)30)27(33)34-21-7-5-6-19(14-21)29-25(31)22-8-3-4-9-23(22)26(29)32/h3-7,10-12,14,18,22-23H,8-9,13,15H2,1-2H3/t18-,22-,23+/m1/s1. The monoisotopic (exact) mass is 458 g/mol. The second kappa shape index (κ2) is 8.56. The minimum Gasteiger partial charge on any atom is -0.426 e. The molecule has 0 bridgehead atoms. The van der Waals surface area contributed by atoms with E-state index in [0.717, 1.165) is 16.8 Å². The van der Waals surface area contributed by atoms with Gasteiger partial charge >= 0.3 is 5.97 Å². The van der Waals surface area contributed by atoms with E-state index in [1.807, 2.05) is 44.2 Å². The number of rotatable bonds is 4. The molecule has 7 nitrogen and oxygen atoms in total. The fraction of sp³-hybridized carbons (Fsp3) is 0.333. The molecule has 3 amide bonds. The lowest BCUT2D eigenvalue weighted by Crippen LogP contribution is -2.31. The summed E-state index contributed by atoms with van der Waals surface area (Å²) in [5, 5.41) is 0. The van der Waals surface area contributed by atoms with Crippen molar-refractivity contribution in [2.45, 2.75) is 33.1 Å². The van der Waals surface area contributed by atoms with Crippen LogP contribution in [0.3, 0.4) is 0 Å². The normalized spacial score (nSPS) is 24.1. The molecule has 0 aromatic heterocycles. The van der Waals surface area contributed by atoms with E-state index in [2.05, 4.69) is 0 Å². The molecule has 2 heterocycles. The maximum Gasteiger partial charge on any atom is 0.316 e. The summed E-state index contributed by atoms with van der Waals surface area (Å²) in [5.74, 6) is -2.07. The third-order valence-electron chi connectivity index (χ3n) is 6.78. The summed E-state index contributed by atoms with van der Waals surface area (Å²) in [5.41, 5.74) is 3.27. The Bertz CT molecular complexity index is 1190. The number of amides is 3. The molecule has 0 unspecified atom stereocenters. The van der Waals surface area contributed by atoms with Gasteiger partial charge in [-0.2, -0.15) is 0 Å². The minimum absolute atomic E-state index is 0.0744. The minimum atomic E-state index is -0.596. The topological polar surface area (TPSA) is 84.0 Å². The molecule has 7 heteroatoms. The molecule has 5 rings (SSSR count). The quantitative estimate of drug-likeness (QED) is 0.302. The van der Waals surface area contributed by atoms with Crippen molar-refractivity contribution in [3.63, 3.8) is 0 Å². The van der Waals surface area contributed by atoms with Crippen LogP contribution in [-0.2, 0) is 19.2 Å². The second-order valence-electron chi connectivity index (χ2n) is 9.34. The summed E-state index contributed by atoms with van der Waals surface area (Å²) in [4.78, 5) is 54.1. The highest BCUT2D eigenvalue weighted by atomic mass is 16.5. The summed E-state index contributed by atoms with van der Waals surface area (Å²) >= 11 is 0. The van der Waals surface area contributed by atoms with Crippen LogP contribution in [0.2, 0.25) is 0 Å². The molecule has 0 radical (unpaired) electrons. The van der Waals surface area contributed by atoms with Crippen molar-refractivity contribution in [3.05, 3.63) is 65.7 Å². The molecule has 0 saturated carbocycles. The molecule has 2 aromatic rings. The van der Waals surface area contributed by atoms with Crippen LogP contribution >= 0.6 is 0 Å². The molecule has 2 fully saturated rings. The molecule has 174 valence electrons. The predicted octanol–water partition coefficient (Wildman–Crippen LogP) is 3.72. The number of aryl methyl sites for hydroxylation is 2. The maximum absolute atomic E-state index is 12.9. The lowest BCUT2D eigenvalue weighted by molar-refractivity contribution is -0.139. The first-order valence-corrected chi connectivity index (χ1v) is 11.5. The van der Waals surface area contributed by atoms with Crippen LogP contribution in [0.5, 0.6) is 5.75 Å². The van der Waals surface area contributed by atoms with Gasteiger partial charge < -0.3 is 9.64 Å². The van der Waals surface area contributed by atoms with Gasteiger partial charge in [-0.15, -0.1) is 0 Å². The summed E-state index contributed by atoms with van der Waals surface area (Å²) in [6.07, 6.45) is 5.09. The lowest BCUT2D eigenvalue weighted by atomic mass is 9.85. The van der Waals surface area contributed by atoms with E-state index in [4.69, 9.17) is 4.74 Å². The number of imide groups is 1. The lowest BCUT2D eigenvalue weighted by Gasteiger charge is -2.18. The van der Waals surface area contributed by atoms with Crippen LogP contribution in [0.1, 0.15) is 30.4 Å². The fourth-order valence-electron chi connectivity index (χ4n) is 5.16. The summed E-state index contributed by atoms with van der Waals surface area (Å²) in [7, 11) is 0. The van der Waals surface area contributed by atoms with Gasteiger partial charge in [0.2, 0.25) is 17.7 Å². The number of hydrogen-bond acceptors (Lipinski definition) is 5. The molecule has 34 heavy (non-hydrogen) atoms. The Morgan fingerprint density at radius 2 is 1.53 bits per heavy atom. The Balaban J connectivity index is 1.30. The van der Waals surface area contributed by atoms with E-state index in [1.54, 1.807) is 23.1 Å². The van der Waals surface area contributed by atoms with Gasteiger partial charge in [0.25, 0.3) is 0 Å². The molecule has 2 aromatic carbocycles. The first-order valence-electron chi connectivity index (χ1n) is 11.5. The number of fused-ring (bicyclic) bond motifs is 1. The Morgan fingerprint density at radius 3 is 2.18 bits per heavy atom. The van der Waals surface area contributed by atoms with E-state index in [-0.39, 0.29) is 48.3 Å². The number of esters is 1. The number of hydrogen-bond donors (Lipinski definition) is 0. The molecular weight excluding hydrogens is 432 g/mol. The third-order valence-corrected chi connectivity index (χ3v) is 6.78. The molecule has 0 spiro atoms. The van der Waals surface area contributed by atoms with Gasteiger partial charge in [0.15, 0.2) is 0 Å². The molecule has 1 aliphatic carbocycles. The van der Waals surface area contributed by atoms with Crippen molar-refractivity contribution in [1.82, 2.24) is 0 Å². The fourth-order valence-corrected chi connectivity index (χ4v) is 5.16. The van der Waals surface area contributed by atoms with Crippen LogP contribution in [0, 0.1) is 31.6 Å². The maximum atomic E-state index is 12.9. The van der Waals surface area contributed by atoms with Gasteiger partial charge in [0, 0.05) is 24.7 Å². The summed E-state index contributed by atoms with van der Waals surface area (Å²) in [6, 6.07) is 12.4. The molecule has 0 N–H and O–H groups in total. The number of carbonyl (C=O) groups is 4. The largest absolute Gasteiger partial charge is 0.426 e. The van der Waals surface area contributed by atoms with Crippen molar-refractivity contribution in [2.75, 3.05) is 16.3 Å². The van der Waals surface area contributed by atoms with Crippen molar-refractivity contribution in [2.24, 2.45) is 17.8 Å². The zero-order valence-corrected chi connectivity index (χ0v) is 19.2. The SMILES string of the molecule is Cc1cc(C)cc(N2C[C@H](C(=O)Oc3cccc(N4C(=O)[C@H]5CC=CC[C@H]5C4=O)c3)CC2=O)c1. The highest BCUT2D eigenvalue weighted by Crippen LogP contribution is 2.38. The number of allylic oxidation sites excluding steroid dienone is 2. The summed E-state index contributed by atoms with van der Waals surface area (Å²) in [6.45, 7) is 4.19.